The molecule has 2 aliphatic rings. The third-order valence-electron chi connectivity index (χ3n) is 6.81. The van der Waals surface area contributed by atoms with Gasteiger partial charge in [0.1, 0.15) is 5.75 Å². The lowest BCUT2D eigenvalue weighted by Gasteiger charge is -2.35. The van der Waals surface area contributed by atoms with Crippen LogP contribution in [0, 0.1) is 0 Å². The normalized spacial score (nSPS) is 24.1. The molecule has 7 heteroatoms. The second-order valence-corrected chi connectivity index (χ2v) is 9.30. The molecule has 0 aliphatic carbocycles. The van der Waals surface area contributed by atoms with Crippen LogP contribution in [0.5, 0.6) is 11.8 Å². The van der Waals surface area contributed by atoms with Crippen molar-refractivity contribution in [1.29, 1.82) is 0 Å². The van der Waals surface area contributed by atoms with Gasteiger partial charge in [0.25, 0.3) is 5.91 Å². The average Bonchev–Trinajstić information content (AvgIpc) is 3.01. The van der Waals surface area contributed by atoms with E-state index in [2.05, 4.69) is 34.3 Å². The molecule has 174 valence electrons. The van der Waals surface area contributed by atoms with Crippen molar-refractivity contribution in [2.24, 2.45) is 0 Å². The van der Waals surface area contributed by atoms with Crippen LogP contribution in [-0.2, 0) is 11.2 Å². The zero-order valence-electron chi connectivity index (χ0n) is 19.2. The van der Waals surface area contributed by atoms with E-state index in [1.807, 2.05) is 35.2 Å². The molecule has 3 aromatic rings. The van der Waals surface area contributed by atoms with Gasteiger partial charge < -0.3 is 15.0 Å². The SMILES string of the molecule is C[C@]12C[C@@H](Cc3ccccc3)N(C(=O)c3cccc(Oc4ncccn4)c3)[C@H]1CCCC(=O)N2. The molecule has 3 heterocycles. The van der Waals surface area contributed by atoms with Gasteiger partial charge in [0.2, 0.25) is 5.91 Å². The summed E-state index contributed by atoms with van der Waals surface area (Å²) in [5, 5.41) is 3.24. The van der Waals surface area contributed by atoms with Crippen molar-refractivity contribution < 1.29 is 14.3 Å². The van der Waals surface area contributed by atoms with E-state index in [0.29, 0.717) is 17.7 Å². The average molecular weight is 457 g/mol. The van der Waals surface area contributed by atoms with E-state index in [1.54, 1.807) is 30.6 Å². The van der Waals surface area contributed by atoms with E-state index in [0.717, 1.165) is 25.7 Å². The van der Waals surface area contributed by atoms with E-state index in [-0.39, 0.29) is 29.9 Å². The standard InChI is InChI=1S/C27H28N4O3/c1-27-18-21(16-19-8-3-2-4-9-19)31(23(27)12-6-13-24(32)30-27)25(33)20-10-5-11-22(17-20)34-26-28-14-7-15-29-26/h2-5,7-11,14-15,17,21,23H,6,12-13,16,18H2,1H3,(H,30,32)/t21-,23+,27+/m1/s1. The number of carbonyl (C=O) groups is 2. The maximum absolute atomic E-state index is 14.0. The van der Waals surface area contributed by atoms with Gasteiger partial charge in [0, 0.05) is 30.4 Å². The number of ether oxygens (including phenoxy) is 1. The lowest BCUT2D eigenvalue weighted by molar-refractivity contribution is -0.122. The molecule has 2 amide bonds. The van der Waals surface area contributed by atoms with E-state index in [1.165, 1.54) is 5.56 Å². The molecule has 2 fully saturated rings. The summed E-state index contributed by atoms with van der Waals surface area (Å²) >= 11 is 0. The first-order valence-corrected chi connectivity index (χ1v) is 11.7. The minimum Gasteiger partial charge on any atom is -0.424 e. The Morgan fingerprint density at radius 1 is 1.12 bits per heavy atom. The molecule has 0 saturated carbocycles. The fourth-order valence-corrected chi connectivity index (χ4v) is 5.36. The number of nitrogens with zero attached hydrogens (tertiary/aromatic N) is 3. The Hall–Kier alpha value is -3.74. The molecule has 2 aliphatic heterocycles. The van der Waals surface area contributed by atoms with Crippen molar-refractivity contribution in [3.05, 3.63) is 84.2 Å². The number of hydrogen-bond acceptors (Lipinski definition) is 5. The smallest absolute Gasteiger partial charge is 0.321 e. The molecule has 2 aromatic carbocycles. The zero-order valence-corrected chi connectivity index (χ0v) is 19.2. The lowest BCUT2D eigenvalue weighted by Crippen LogP contribution is -2.54. The van der Waals surface area contributed by atoms with Crippen LogP contribution in [0.1, 0.15) is 48.5 Å². The van der Waals surface area contributed by atoms with Gasteiger partial charge in [0.05, 0.1) is 11.6 Å². The molecule has 1 N–H and O–H groups in total. The van der Waals surface area contributed by atoms with Gasteiger partial charge in [-0.25, -0.2) is 9.97 Å². The van der Waals surface area contributed by atoms with Gasteiger partial charge >= 0.3 is 6.01 Å². The third kappa shape index (κ3) is 4.51. The highest BCUT2D eigenvalue weighted by atomic mass is 16.5. The molecular formula is C27H28N4O3. The Morgan fingerprint density at radius 3 is 2.71 bits per heavy atom. The first-order valence-electron chi connectivity index (χ1n) is 11.7. The number of hydrogen-bond donors (Lipinski definition) is 1. The summed E-state index contributed by atoms with van der Waals surface area (Å²) in [6.45, 7) is 2.08. The molecule has 0 spiro atoms. The summed E-state index contributed by atoms with van der Waals surface area (Å²) < 4.78 is 5.76. The van der Waals surface area contributed by atoms with Gasteiger partial charge in [-0.1, -0.05) is 36.4 Å². The molecule has 3 atom stereocenters. The van der Waals surface area contributed by atoms with Gasteiger partial charge in [-0.3, -0.25) is 9.59 Å². The van der Waals surface area contributed by atoms with E-state index in [9.17, 15) is 9.59 Å². The molecule has 1 aromatic heterocycles. The van der Waals surface area contributed by atoms with Crippen LogP contribution in [0.25, 0.3) is 0 Å². The number of aromatic nitrogens is 2. The highest BCUT2D eigenvalue weighted by molar-refractivity contribution is 5.95. The fourth-order valence-electron chi connectivity index (χ4n) is 5.36. The van der Waals surface area contributed by atoms with Crippen LogP contribution in [-0.4, -0.2) is 44.3 Å². The largest absolute Gasteiger partial charge is 0.424 e. The summed E-state index contributed by atoms with van der Waals surface area (Å²) in [6, 6.07) is 19.2. The molecular weight excluding hydrogens is 428 g/mol. The maximum Gasteiger partial charge on any atom is 0.321 e. The second-order valence-electron chi connectivity index (χ2n) is 9.30. The quantitative estimate of drug-likeness (QED) is 0.623. The van der Waals surface area contributed by atoms with Gasteiger partial charge in [0.15, 0.2) is 0 Å². The van der Waals surface area contributed by atoms with E-state index >= 15 is 0 Å². The first-order chi connectivity index (χ1) is 16.5. The molecule has 0 unspecified atom stereocenters. The predicted molar refractivity (Wildman–Crippen MR) is 127 cm³/mol. The van der Waals surface area contributed by atoms with Crippen molar-refractivity contribution >= 4 is 11.8 Å². The number of rotatable bonds is 5. The van der Waals surface area contributed by atoms with Crippen molar-refractivity contribution in [3.8, 4) is 11.8 Å². The van der Waals surface area contributed by atoms with Crippen molar-refractivity contribution in [1.82, 2.24) is 20.2 Å². The van der Waals surface area contributed by atoms with Crippen LogP contribution >= 0.6 is 0 Å². The summed E-state index contributed by atoms with van der Waals surface area (Å²) in [7, 11) is 0. The van der Waals surface area contributed by atoms with Crippen molar-refractivity contribution in [2.45, 2.75) is 56.7 Å². The Bertz CT molecular complexity index is 1170. The number of amides is 2. The number of fused-ring (bicyclic) bond motifs is 1. The summed E-state index contributed by atoms with van der Waals surface area (Å²) in [4.78, 5) is 36.6. The number of nitrogens with one attached hydrogen (secondary N) is 1. The summed E-state index contributed by atoms with van der Waals surface area (Å²) in [5.74, 6) is 0.522. The van der Waals surface area contributed by atoms with E-state index < -0.39 is 5.54 Å². The lowest BCUT2D eigenvalue weighted by atomic mass is 9.88. The van der Waals surface area contributed by atoms with Crippen LogP contribution in [0.2, 0.25) is 0 Å². The van der Waals surface area contributed by atoms with Crippen LogP contribution in [0.4, 0.5) is 0 Å². The monoisotopic (exact) mass is 456 g/mol. The Morgan fingerprint density at radius 2 is 1.91 bits per heavy atom. The number of benzene rings is 2. The molecule has 0 bridgehead atoms. The van der Waals surface area contributed by atoms with Crippen LogP contribution in [0.15, 0.2) is 73.1 Å². The molecule has 34 heavy (non-hydrogen) atoms. The van der Waals surface area contributed by atoms with Crippen molar-refractivity contribution in [2.75, 3.05) is 0 Å². The molecule has 2 saturated heterocycles. The highest BCUT2D eigenvalue weighted by Gasteiger charge is 2.52. The summed E-state index contributed by atoms with van der Waals surface area (Å²) in [5.41, 5.74) is 1.27. The number of carbonyl (C=O) groups excluding carboxylic acids is 2. The minimum absolute atomic E-state index is 0.0228. The van der Waals surface area contributed by atoms with Gasteiger partial charge in [-0.15, -0.1) is 0 Å². The Balaban J connectivity index is 1.46. The molecule has 5 rings (SSSR count). The minimum atomic E-state index is -0.450. The van der Waals surface area contributed by atoms with Crippen LogP contribution in [0.3, 0.4) is 0 Å². The topological polar surface area (TPSA) is 84.4 Å². The van der Waals surface area contributed by atoms with Gasteiger partial charge in [-0.05, 0) is 62.4 Å². The second kappa shape index (κ2) is 9.25. The Labute approximate surface area is 199 Å². The highest BCUT2D eigenvalue weighted by Crippen LogP contribution is 2.40. The zero-order chi connectivity index (χ0) is 23.5. The third-order valence-corrected chi connectivity index (χ3v) is 6.81. The van der Waals surface area contributed by atoms with Crippen molar-refractivity contribution in [3.63, 3.8) is 0 Å². The summed E-state index contributed by atoms with van der Waals surface area (Å²) in [6.07, 6.45) is 6.73. The fraction of sp³-hybridized carbons (Fsp3) is 0.333. The number of likely N-dealkylation sites (tertiary alicyclic amines) is 1. The Kier molecular flexibility index (Phi) is 6.01. The molecule has 7 nitrogen and oxygen atoms in total. The van der Waals surface area contributed by atoms with Crippen LogP contribution < -0.4 is 10.1 Å². The molecule has 0 radical (unpaired) electrons. The predicted octanol–water partition coefficient (Wildman–Crippen LogP) is 4.15. The van der Waals surface area contributed by atoms with Gasteiger partial charge in [-0.2, -0.15) is 0 Å². The first kappa shape index (κ1) is 22.1. The van der Waals surface area contributed by atoms with E-state index in [4.69, 9.17) is 4.74 Å². The maximum atomic E-state index is 14.0.